The predicted molar refractivity (Wildman–Crippen MR) is 74.7 cm³/mol. The lowest BCUT2D eigenvalue weighted by atomic mass is 10.0. The van der Waals surface area contributed by atoms with E-state index in [0.29, 0.717) is 24.5 Å². The van der Waals surface area contributed by atoms with Crippen LogP contribution in [0.4, 0.5) is 5.69 Å². The second-order valence-corrected chi connectivity index (χ2v) is 6.49. The largest absolute Gasteiger partial charge is 0.381 e. The van der Waals surface area contributed by atoms with Crippen LogP contribution in [0.5, 0.6) is 0 Å². The Morgan fingerprint density at radius 3 is 2.75 bits per heavy atom. The van der Waals surface area contributed by atoms with E-state index in [1.165, 1.54) is 12.1 Å². The van der Waals surface area contributed by atoms with Gasteiger partial charge in [0.15, 0.2) is 0 Å². The number of benzene rings is 1. The number of carbonyl (C=O) groups is 1. The Morgan fingerprint density at radius 1 is 1.45 bits per heavy atom. The minimum Gasteiger partial charge on any atom is -0.381 e. The van der Waals surface area contributed by atoms with Gasteiger partial charge in [-0.3, -0.25) is 4.79 Å². The number of hydrogen-bond donors (Lipinski definition) is 2. The molecule has 3 N–H and O–H groups in total. The fraction of sp³-hybridized carbons (Fsp3) is 0.462. The van der Waals surface area contributed by atoms with E-state index >= 15 is 0 Å². The molecule has 7 heteroatoms. The normalized spacial score (nSPS) is 19.6. The van der Waals surface area contributed by atoms with Crippen LogP contribution >= 0.6 is 0 Å². The summed E-state index contributed by atoms with van der Waals surface area (Å²) in [6, 6.07) is 4.38. The van der Waals surface area contributed by atoms with Gasteiger partial charge in [0.2, 0.25) is 15.9 Å². The Bertz CT molecular complexity index is 607. The molecule has 0 radical (unpaired) electrons. The molecule has 0 aromatic heterocycles. The van der Waals surface area contributed by atoms with E-state index in [1.54, 1.807) is 13.0 Å². The fourth-order valence-corrected chi connectivity index (χ4v) is 2.73. The van der Waals surface area contributed by atoms with E-state index in [2.05, 4.69) is 5.32 Å². The number of amides is 1. The summed E-state index contributed by atoms with van der Waals surface area (Å²) in [5.74, 6) is -0.253. The maximum Gasteiger partial charge on any atom is 0.238 e. The van der Waals surface area contributed by atoms with Gasteiger partial charge in [0.05, 0.1) is 17.4 Å². The van der Waals surface area contributed by atoms with E-state index in [1.807, 2.05) is 0 Å². The second-order valence-electron chi connectivity index (χ2n) is 4.93. The number of hydrogen-bond acceptors (Lipinski definition) is 4. The van der Waals surface area contributed by atoms with Crippen LogP contribution in [0, 0.1) is 12.8 Å². The van der Waals surface area contributed by atoms with Crippen LogP contribution in [-0.4, -0.2) is 27.5 Å². The van der Waals surface area contributed by atoms with Crippen molar-refractivity contribution in [2.24, 2.45) is 11.1 Å². The molecule has 1 fully saturated rings. The Hall–Kier alpha value is -1.44. The van der Waals surface area contributed by atoms with E-state index in [-0.39, 0.29) is 16.7 Å². The van der Waals surface area contributed by atoms with Gasteiger partial charge in [-0.1, -0.05) is 0 Å². The third-order valence-corrected chi connectivity index (χ3v) is 4.23. The quantitative estimate of drug-likeness (QED) is 0.870. The molecule has 110 valence electrons. The van der Waals surface area contributed by atoms with Crippen molar-refractivity contribution >= 4 is 21.6 Å². The van der Waals surface area contributed by atoms with Crippen LogP contribution in [0.15, 0.2) is 23.1 Å². The highest BCUT2D eigenvalue weighted by molar-refractivity contribution is 7.89. The molecule has 1 aromatic carbocycles. The van der Waals surface area contributed by atoms with Crippen LogP contribution in [-0.2, 0) is 19.6 Å². The summed E-state index contributed by atoms with van der Waals surface area (Å²) in [5.41, 5.74) is 1.24. The second kappa shape index (κ2) is 5.90. The molecule has 1 aliphatic heterocycles. The van der Waals surface area contributed by atoms with Gasteiger partial charge in [-0.2, -0.15) is 0 Å². The summed E-state index contributed by atoms with van der Waals surface area (Å²) in [6.45, 7) is 2.85. The van der Waals surface area contributed by atoms with Gasteiger partial charge in [0.1, 0.15) is 0 Å². The van der Waals surface area contributed by atoms with Gasteiger partial charge in [-0.05, 0) is 43.5 Å². The molecule has 0 saturated carbocycles. The summed E-state index contributed by atoms with van der Waals surface area (Å²) in [7, 11) is -3.72. The average Bonchev–Trinajstić information content (AvgIpc) is 2.41. The summed E-state index contributed by atoms with van der Waals surface area (Å²) in [5, 5.41) is 7.87. The molecule has 0 spiro atoms. The minimum atomic E-state index is -3.72. The SMILES string of the molecule is Cc1cc(S(N)(=O)=O)ccc1NC(=O)C1CCCOC1. The zero-order valence-electron chi connectivity index (χ0n) is 11.3. The number of primary sulfonamides is 1. The van der Waals surface area contributed by atoms with Crippen molar-refractivity contribution in [1.29, 1.82) is 0 Å². The van der Waals surface area contributed by atoms with Crippen molar-refractivity contribution in [1.82, 2.24) is 0 Å². The third kappa shape index (κ3) is 3.56. The summed E-state index contributed by atoms with van der Waals surface area (Å²) >= 11 is 0. The van der Waals surface area contributed by atoms with Crippen LogP contribution in [0.25, 0.3) is 0 Å². The van der Waals surface area contributed by atoms with Crippen LogP contribution < -0.4 is 10.5 Å². The first kappa shape index (κ1) is 15.0. The molecule has 1 amide bonds. The van der Waals surface area contributed by atoms with Crippen LogP contribution in [0.1, 0.15) is 18.4 Å². The highest BCUT2D eigenvalue weighted by Gasteiger charge is 2.22. The smallest absolute Gasteiger partial charge is 0.238 e. The van der Waals surface area contributed by atoms with Crippen molar-refractivity contribution in [3.63, 3.8) is 0 Å². The van der Waals surface area contributed by atoms with Gasteiger partial charge in [-0.15, -0.1) is 0 Å². The number of carbonyl (C=O) groups excluding carboxylic acids is 1. The monoisotopic (exact) mass is 298 g/mol. The summed E-state index contributed by atoms with van der Waals surface area (Å²) in [6.07, 6.45) is 1.68. The third-order valence-electron chi connectivity index (χ3n) is 3.32. The van der Waals surface area contributed by atoms with Crippen LogP contribution in [0.3, 0.4) is 0 Å². The molecule has 20 heavy (non-hydrogen) atoms. The molecule has 1 heterocycles. The van der Waals surface area contributed by atoms with Crippen molar-refractivity contribution in [3.8, 4) is 0 Å². The lowest BCUT2D eigenvalue weighted by Gasteiger charge is -2.21. The fourth-order valence-electron chi connectivity index (χ4n) is 2.14. The molecular formula is C13H18N2O4S. The molecule has 1 saturated heterocycles. The number of aryl methyl sites for hydroxylation is 1. The van der Waals surface area contributed by atoms with Gasteiger partial charge < -0.3 is 10.1 Å². The number of anilines is 1. The van der Waals surface area contributed by atoms with Crippen molar-refractivity contribution in [2.75, 3.05) is 18.5 Å². The van der Waals surface area contributed by atoms with Crippen molar-refractivity contribution in [3.05, 3.63) is 23.8 Å². The summed E-state index contributed by atoms with van der Waals surface area (Å²) < 4.78 is 27.8. The average molecular weight is 298 g/mol. The van der Waals surface area contributed by atoms with E-state index in [4.69, 9.17) is 9.88 Å². The number of nitrogens with two attached hydrogens (primary N) is 1. The topological polar surface area (TPSA) is 98.5 Å². The number of rotatable bonds is 3. The molecule has 6 nitrogen and oxygen atoms in total. The number of sulfonamides is 1. The van der Waals surface area contributed by atoms with E-state index < -0.39 is 10.0 Å². The molecule has 1 atom stereocenters. The first-order valence-electron chi connectivity index (χ1n) is 6.40. The maximum atomic E-state index is 12.1. The Labute approximate surface area is 118 Å². The lowest BCUT2D eigenvalue weighted by Crippen LogP contribution is -2.30. The molecule has 1 aliphatic rings. The molecule has 1 aromatic rings. The molecule has 0 bridgehead atoms. The Morgan fingerprint density at radius 2 is 2.20 bits per heavy atom. The molecule has 0 aliphatic carbocycles. The van der Waals surface area contributed by atoms with E-state index in [0.717, 1.165) is 12.8 Å². The number of ether oxygens (including phenoxy) is 1. The van der Waals surface area contributed by atoms with Crippen molar-refractivity contribution in [2.45, 2.75) is 24.7 Å². The Kier molecular flexibility index (Phi) is 4.42. The number of nitrogens with one attached hydrogen (secondary N) is 1. The summed E-state index contributed by atoms with van der Waals surface area (Å²) in [4.78, 5) is 12.1. The zero-order valence-corrected chi connectivity index (χ0v) is 12.1. The van der Waals surface area contributed by atoms with Crippen molar-refractivity contribution < 1.29 is 17.9 Å². The lowest BCUT2D eigenvalue weighted by molar-refractivity contribution is -0.123. The maximum absolute atomic E-state index is 12.1. The molecule has 2 rings (SSSR count). The highest BCUT2D eigenvalue weighted by Crippen LogP contribution is 2.21. The first-order chi connectivity index (χ1) is 9.38. The van der Waals surface area contributed by atoms with Gasteiger partial charge in [0.25, 0.3) is 0 Å². The standard InChI is InChI=1S/C13H18N2O4S/c1-9-7-11(20(14,17)18)4-5-12(9)15-13(16)10-3-2-6-19-8-10/h4-5,7,10H,2-3,6,8H2,1H3,(H,15,16)(H2,14,17,18). The van der Waals surface area contributed by atoms with E-state index in [9.17, 15) is 13.2 Å². The van der Waals surface area contributed by atoms with Crippen LogP contribution in [0.2, 0.25) is 0 Å². The predicted octanol–water partition coefficient (Wildman–Crippen LogP) is 1.01. The van der Waals surface area contributed by atoms with Gasteiger partial charge >= 0.3 is 0 Å². The van der Waals surface area contributed by atoms with Gasteiger partial charge in [-0.25, -0.2) is 13.6 Å². The zero-order chi connectivity index (χ0) is 14.8. The molecule has 1 unspecified atom stereocenters. The van der Waals surface area contributed by atoms with Gasteiger partial charge in [0, 0.05) is 12.3 Å². The minimum absolute atomic E-state index is 0.0361. The first-order valence-corrected chi connectivity index (χ1v) is 7.94. The highest BCUT2D eigenvalue weighted by atomic mass is 32.2. The molecular weight excluding hydrogens is 280 g/mol. The Balaban J connectivity index is 2.11.